The molecule has 0 unspecified atom stereocenters. The Morgan fingerprint density at radius 2 is 1.68 bits per heavy atom. The summed E-state index contributed by atoms with van der Waals surface area (Å²) in [6.07, 6.45) is 1.56. The first-order chi connectivity index (χ1) is 13.5. The smallest absolute Gasteiger partial charge is 0.159 e. The Labute approximate surface area is 162 Å². The van der Waals surface area contributed by atoms with E-state index in [9.17, 15) is 8.78 Å². The van der Waals surface area contributed by atoms with Crippen LogP contribution in [0.3, 0.4) is 0 Å². The van der Waals surface area contributed by atoms with Gasteiger partial charge >= 0.3 is 0 Å². The SMILES string of the molecule is Cc1cc(C)n(-c2cc(N3CCN(Cc4ccc(F)cc4F)CC3)ncn2)n1. The van der Waals surface area contributed by atoms with E-state index in [0.29, 0.717) is 12.1 Å². The number of piperazine rings is 1. The minimum atomic E-state index is -0.548. The normalized spacial score (nSPS) is 15.2. The van der Waals surface area contributed by atoms with Crippen LogP contribution in [0.25, 0.3) is 5.82 Å². The molecule has 3 heterocycles. The maximum atomic E-state index is 13.9. The lowest BCUT2D eigenvalue weighted by Crippen LogP contribution is -2.46. The number of nitrogens with zero attached hydrogens (tertiary/aromatic N) is 6. The zero-order chi connectivity index (χ0) is 19.7. The quantitative estimate of drug-likeness (QED) is 0.692. The Hall–Kier alpha value is -2.87. The molecule has 28 heavy (non-hydrogen) atoms. The van der Waals surface area contributed by atoms with Gasteiger partial charge < -0.3 is 4.90 Å². The van der Waals surface area contributed by atoms with Gasteiger partial charge in [0, 0.05) is 56.1 Å². The topological polar surface area (TPSA) is 50.1 Å². The summed E-state index contributed by atoms with van der Waals surface area (Å²) in [4.78, 5) is 13.1. The molecule has 1 saturated heterocycles. The lowest BCUT2D eigenvalue weighted by molar-refractivity contribution is 0.246. The van der Waals surface area contributed by atoms with Gasteiger partial charge in [-0.2, -0.15) is 5.10 Å². The third-order valence-corrected chi connectivity index (χ3v) is 4.97. The van der Waals surface area contributed by atoms with Crippen LogP contribution in [0.2, 0.25) is 0 Å². The molecule has 8 heteroatoms. The number of hydrogen-bond acceptors (Lipinski definition) is 5. The highest BCUT2D eigenvalue weighted by Gasteiger charge is 2.20. The zero-order valence-electron chi connectivity index (χ0n) is 15.9. The van der Waals surface area contributed by atoms with Crippen molar-refractivity contribution in [3.63, 3.8) is 0 Å². The summed E-state index contributed by atoms with van der Waals surface area (Å²) in [6, 6.07) is 7.70. The first-order valence-electron chi connectivity index (χ1n) is 9.26. The number of aromatic nitrogens is 4. The fourth-order valence-corrected chi connectivity index (χ4v) is 3.51. The average molecular weight is 384 g/mol. The molecule has 0 saturated carbocycles. The van der Waals surface area contributed by atoms with Crippen LogP contribution in [-0.4, -0.2) is 50.8 Å². The van der Waals surface area contributed by atoms with Crippen molar-refractivity contribution in [1.82, 2.24) is 24.6 Å². The van der Waals surface area contributed by atoms with Gasteiger partial charge in [-0.3, -0.25) is 4.90 Å². The second kappa shape index (κ2) is 7.63. The van der Waals surface area contributed by atoms with Gasteiger partial charge in [0.25, 0.3) is 0 Å². The molecule has 0 atom stereocenters. The van der Waals surface area contributed by atoms with Crippen LogP contribution < -0.4 is 4.90 Å². The minimum Gasteiger partial charge on any atom is -0.354 e. The lowest BCUT2D eigenvalue weighted by Gasteiger charge is -2.35. The summed E-state index contributed by atoms with van der Waals surface area (Å²) < 4.78 is 28.8. The Balaban J connectivity index is 1.42. The highest BCUT2D eigenvalue weighted by atomic mass is 19.1. The van der Waals surface area contributed by atoms with E-state index in [1.165, 1.54) is 12.1 Å². The Morgan fingerprint density at radius 1 is 0.929 bits per heavy atom. The van der Waals surface area contributed by atoms with Gasteiger partial charge in [-0.15, -0.1) is 0 Å². The van der Waals surface area contributed by atoms with E-state index < -0.39 is 11.6 Å². The van der Waals surface area contributed by atoms with Gasteiger partial charge in [0.05, 0.1) is 5.69 Å². The summed E-state index contributed by atoms with van der Waals surface area (Å²) in [6.45, 7) is 7.52. The van der Waals surface area contributed by atoms with Gasteiger partial charge in [0.15, 0.2) is 5.82 Å². The van der Waals surface area contributed by atoms with Gasteiger partial charge in [-0.05, 0) is 26.0 Å². The first-order valence-corrected chi connectivity index (χ1v) is 9.26. The van der Waals surface area contributed by atoms with Crippen molar-refractivity contribution in [1.29, 1.82) is 0 Å². The number of hydrogen-bond donors (Lipinski definition) is 0. The van der Waals surface area contributed by atoms with Gasteiger partial charge in [0.2, 0.25) is 0 Å². The zero-order valence-corrected chi connectivity index (χ0v) is 15.9. The van der Waals surface area contributed by atoms with Gasteiger partial charge in [0.1, 0.15) is 23.8 Å². The highest BCUT2D eigenvalue weighted by molar-refractivity contribution is 5.44. The van der Waals surface area contributed by atoms with E-state index in [0.717, 1.165) is 55.3 Å². The summed E-state index contributed by atoms with van der Waals surface area (Å²) in [5, 5.41) is 4.48. The number of rotatable bonds is 4. The van der Waals surface area contributed by atoms with Gasteiger partial charge in [-0.1, -0.05) is 6.07 Å². The van der Waals surface area contributed by atoms with Crippen molar-refractivity contribution in [2.75, 3.05) is 31.1 Å². The predicted molar refractivity (Wildman–Crippen MR) is 102 cm³/mol. The standard InChI is InChI=1S/C20H22F2N6/c1-14-9-15(2)28(25-14)20-11-19(23-13-24-20)27-7-5-26(6-8-27)12-16-3-4-17(21)10-18(16)22/h3-4,9-11,13H,5-8,12H2,1-2H3. The van der Waals surface area contributed by atoms with Gasteiger partial charge in [-0.25, -0.2) is 23.4 Å². The maximum absolute atomic E-state index is 13.9. The largest absolute Gasteiger partial charge is 0.354 e. The first kappa shape index (κ1) is 18.5. The Bertz CT molecular complexity index is 979. The molecule has 0 spiro atoms. The van der Waals surface area contributed by atoms with E-state index in [1.807, 2.05) is 30.7 Å². The Kier molecular flexibility index (Phi) is 5.04. The molecule has 1 aliphatic rings. The molecular weight excluding hydrogens is 362 g/mol. The molecular formula is C20H22F2N6. The number of anilines is 1. The molecule has 1 fully saturated rings. The summed E-state index contributed by atoms with van der Waals surface area (Å²) >= 11 is 0. The van der Waals surface area contributed by atoms with Crippen molar-refractivity contribution in [2.24, 2.45) is 0 Å². The number of halogens is 2. The molecule has 1 aliphatic heterocycles. The van der Waals surface area contributed by atoms with E-state index in [4.69, 9.17) is 0 Å². The predicted octanol–water partition coefficient (Wildman–Crippen LogP) is 2.88. The van der Waals surface area contributed by atoms with E-state index in [-0.39, 0.29) is 0 Å². The molecule has 3 aromatic rings. The van der Waals surface area contributed by atoms with Crippen molar-refractivity contribution in [2.45, 2.75) is 20.4 Å². The molecule has 1 aromatic carbocycles. The van der Waals surface area contributed by atoms with Crippen LogP contribution in [-0.2, 0) is 6.54 Å². The van der Waals surface area contributed by atoms with Crippen LogP contribution >= 0.6 is 0 Å². The summed E-state index contributed by atoms with van der Waals surface area (Å²) in [5.74, 6) is 0.553. The van der Waals surface area contributed by atoms with Crippen LogP contribution in [0.1, 0.15) is 17.0 Å². The lowest BCUT2D eigenvalue weighted by atomic mass is 10.2. The van der Waals surface area contributed by atoms with E-state index in [2.05, 4.69) is 24.9 Å². The summed E-state index contributed by atoms with van der Waals surface area (Å²) in [5.41, 5.74) is 2.48. The molecule has 6 nitrogen and oxygen atoms in total. The van der Waals surface area contributed by atoms with Crippen molar-refractivity contribution < 1.29 is 8.78 Å². The molecule has 0 bridgehead atoms. The maximum Gasteiger partial charge on any atom is 0.159 e. The third kappa shape index (κ3) is 3.87. The minimum absolute atomic E-state index is 0.473. The molecule has 0 N–H and O–H groups in total. The van der Waals surface area contributed by atoms with Crippen LogP contribution in [0.5, 0.6) is 0 Å². The average Bonchev–Trinajstić information content (AvgIpc) is 3.03. The van der Waals surface area contributed by atoms with E-state index in [1.54, 1.807) is 6.33 Å². The Morgan fingerprint density at radius 3 is 2.36 bits per heavy atom. The molecule has 4 rings (SSSR count). The van der Waals surface area contributed by atoms with Crippen LogP contribution in [0, 0.1) is 25.5 Å². The van der Waals surface area contributed by atoms with E-state index >= 15 is 0 Å². The second-order valence-electron chi connectivity index (χ2n) is 7.07. The fraction of sp³-hybridized carbons (Fsp3) is 0.350. The molecule has 0 radical (unpaired) electrons. The number of benzene rings is 1. The monoisotopic (exact) mass is 384 g/mol. The molecule has 2 aromatic heterocycles. The third-order valence-electron chi connectivity index (χ3n) is 4.97. The highest BCUT2D eigenvalue weighted by Crippen LogP contribution is 2.19. The van der Waals surface area contributed by atoms with Crippen LogP contribution in [0.4, 0.5) is 14.6 Å². The number of aryl methyl sites for hydroxylation is 2. The van der Waals surface area contributed by atoms with Crippen molar-refractivity contribution in [3.05, 3.63) is 65.2 Å². The van der Waals surface area contributed by atoms with Crippen molar-refractivity contribution in [3.8, 4) is 5.82 Å². The molecule has 0 aliphatic carbocycles. The fourth-order valence-electron chi connectivity index (χ4n) is 3.51. The molecule has 0 amide bonds. The van der Waals surface area contributed by atoms with Crippen molar-refractivity contribution >= 4 is 5.82 Å². The molecule has 146 valence electrons. The summed E-state index contributed by atoms with van der Waals surface area (Å²) in [7, 11) is 0. The van der Waals surface area contributed by atoms with Crippen LogP contribution in [0.15, 0.2) is 36.7 Å². The second-order valence-corrected chi connectivity index (χ2v) is 7.07.